The molecule has 140 valence electrons. The van der Waals surface area contributed by atoms with Crippen LogP contribution in [0.3, 0.4) is 0 Å². The van der Waals surface area contributed by atoms with E-state index in [1.54, 1.807) is 35.2 Å². The lowest BCUT2D eigenvalue weighted by molar-refractivity contribution is 0.0715. The molecule has 0 bridgehead atoms. The molecule has 5 nitrogen and oxygen atoms in total. The summed E-state index contributed by atoms with van der Waals surface area (Å²) in [6.07, 6.45) is 1.47. The number of halogens is 2. The van der Waals surface area contributed by atoms with E-state index in [0.717, 1.165) is 5.56 Å². The lowest BCUT2D eigenvalue weighted by atomic mass is 10.2. The van der Waals surface area contributed by atoms with Gasteiger partial charge in [0.2, 0.25) is 5.89 Å². The third kappa shape index (κ3) is 4.16. The van der Waals surface area contributed by atoms with Gasteiger partial charge in [-0.2, -0.15) is 0 Å². The molecule has 28 heavy (non-hydrogen) atoms. The van der Waals surface area contributed by atoms with E-state index in [9.17, 15) is 4.79 Å². The van der Waals surface area contributed by atoms with Crippen LogP contribution in [0.5, 0.6) is 0 Å². The first-order valence-corrected chi connectivity index (χ1v) is 9.34. The second-order valence-corrected chi connectivity index (χ2v) is 7.06. The number of fused-ring (bicyclic) bond motifs is 1. The van der Waals surface area contributed by atoms with Crippen molar-refractivity contribution < 1.29 is 9.21 Å². The zero-order valence-electron chi connectivity index (χ0n) is 14.7. The van der Waals surface area contributed by atoms with Crippen LogP contribution in [0, 0.1) is 0 Å². The third-order valence-corrected chi connectivity index (χ3v) is 4.66. The highest BCUT2D eigenvalue weighted by molar-refractivity contribution is 6.31. The smallest absolute Gasteiger partial charge is 0.256 e. The molecule has 4 aromatic rings. The van der Waals surface area contributed by atoms with Crippen molar-refractivity contribution in [1.82, 2.24) is 14.9 Å². The topological polar surface area (TPSA) is 59.2 Å². The molecule has 0 fully saturated rings. The van der Waals surface area contributed by atoms with E-state index in [4.69, 9.17) is 27.6 Å². The van der Waals surface area contributed by atoms with Crippen molar-refractivity contribution in [2.75, 3.05) is 0 Å². The fourth-order valence-electron chi connectivity index (χ4n) is 2.87. The number of oxazole rings is 1. The first kappa shape index (κ1) is 18.5. The van der Waals surface area contributed by atoms with Crippen LogP contribution < -0.4 is 0 Å². The summed E-state index contributed by atoms with van der Waals surface area (Å²) in [5.74, 6) is 0.247. The lowest BCUT2D eigenvalue weighted by Gasteiger charge is -2.21. The minimum atomic E-state index is -0.187. The monoisotopic (exact) mass is 411 g/mol. The van der Waals surface area contributed by atoms with Crippen molar-refractivity contribution in [3.63, 3.8) is 0 Å². The Bertz CT molecular complexity index is 1110. The SMILES string of the molecule is O=C(c1ccc(Cl)nc1)N(Cc1ccccc1)Cc1nc2cc(Cl)ccc2o1. The Kier molecular flexibility index (Phi) is 5.28. The van der Waals surface area contributed by atoms with Crippen LogP contribution in [0.4, 0.5) is 0 Å². The zero-order chi connectivity index (χ0) is 19.5. The summed E-state index contributed by atoms with van der Waals surface area (Å²) in [6, 6.07) is 18.2. The van der Waals surface area contributed by atoms with Crippen molar-refractivity contribution in [1.29, 1.82) is 0 Å². The Morgan fingerprint density at radius 3 is 2.57 bits per heavy atom. The first-order valence-electron chi connectivity index (χ1n) is 8.58. The molecule has 4 rings (SSSR count). The number of amides is 1. The minimum absolute atomic E-state index is 0.187. The molecule has 2 aromatic heterocycles. The summed E-state index contributed by atoms with van der Waals surface area (Å²) in [5, 5.41) is 0.916. The van der Waals surface area contributed by atoms with Gasteiger partial charge in [0, 0.05) is 17.8 Å². The summed E-state index contributed by atoms with van der Waals surface area (Å²) in [7, 11) is 0. The molecule has 0 atom stereocenters. The van der Waals surface area contributed by atoms with Gasteiger partial charge in [-0.1, -0.05) is 53.5 Å². The van der Waals surface area contributed by atoms with Crippen molar-refractivity contribution >= 4 is 40.2 Å². The molecule has 7 heteroatoms. The van der Waals surface area contributed by atoms with Gasteiger partial charge in [0.25, 0.3) is 5.91 Å². The molecule has 0 N–H and O–H groups in total. The van der Waals surface area contributed by atoms with Gasteiger partial charge >= 0.3 is 0 Å². The Balaban J connectivity index is 1.64. The number of benzene rings is 2. The second kappa shape index (κ2) is 8.00. The van der Waals surface area contributed by atoms with Crippen molar-refractivity contribution in [3.8, 4) is 0 Å². The summed E-state index contributed by atoms with van der Waals surface area (Å²) in [6.45, 7) is 0.616. The van der Waals surface area contributed by atoms with Gasteiger partial charge in [0.1, 0.15) is 10.7 Å². The fourth-order valence-corrected chi connectivity index (χ4v) is 3.15. The zero-order valence-corrected chi connectivity index (χ0v) is 16.2. The maximum absolute atomic E-state index is 13.1. The van der Waals surface area contributed by atoms with Crippen molar-refractivity contribution in [2.24, 2.45) is 0 Å². The van der Waals surface area contributed by atoms with E-state index in [-0.39, 0.29) is 12.5 Å². The van der Waals surface area contributed by atoms with Gasteiger partial charge in [-0.05, 0) is 35.9 Å². The Morgan fingerprint density at radius 2 is 1.82 bits per heavy atom. The van der Waals surface area contributed by atoms with Crippen LogP contribution in [0.25, 0.3) is 11.1 Å². The van der Waals surface area contributed by atoms with E-state index >= 15 is 0 Å². The van der Waals surface area contributed by atoms with Crippen LogP contribution >= 0.6 is 23.2 Å². The summed E-state index contributed by atoms with van der Waals surface area (Å²) in [4.78, 5) is 23.2. The van der Waals surface area contributed by atoms with Crippen LogP contribution in [0.2, 0.25) is 10.2 Å². The van der Waals surface area contributed by atoms with E-state index in [1.807, 2.05) is 30.3 Å². The molecule has 0 aliphatic heterocycles. The maximum Gasteiger partial charge on any atom is 0.256 e. The highest BCUT2D eigenvalue weighted by Crippen LogP contribution is 2.22. The van der Waals surface area contributed by atoms with Gasteiger partial charge in [0.05, 0.1) is 12.1 Å². The predicted octanol–water partition coefficient (Wildman–Crippen LogP) is 5.37. The van der Waals surface area contributed by atoms with Crippen molar-refractivity contribution in [3.05, 3.63) is 94.1 Å². The van der Waals surface area contributed by atoms with Crippen LogP contribution in [-0.4, -0.2) is 20.8 Å². The maximum atomic E-state index is 13.1. The largest absolute Gasteiger partial charge is 0.439 e. The van der Waals surface area contributed by atoms with Gasteiger partial charge in [-0.3, -0.25) is 4.79 Å². The Labute approximate surface area is 171 Å². The van der Waals surface area contributed by atoms with Gasteiger partial charge in [-0.15, -0.1) is 0 Å². The van der Waals surface area contributed by atoms with E-state index in [1.165, 1.54) is 6.20 Å². The molecular formula is C21H15Cl2N3O2. The van der Waals surface area contributed by atoms with Gasteiger partial charge < -0.3 is 9.32 Å². The first-order chi connectivity index (χ1) is 13.6. The summed E-state index contributed by atoms with van der Waals surface area (Å²) in [5.41, 5.74) is 2.72. The number of hydrogen-bond donors (Lipinski definition) is 0. The van der Waals surface area contributed by atoms with Crippen molar-refractivity contribution in [2.45, 2.75) is 13.1 Å². The average Bonchev–Trinajstić information content (AvgIpc) is 3.10. The molecule has 0 spiro atoms. The molecule has 0 radical (unpaired) electrons. The normalized spacial score (nSPS) is 10.9. The molecule has 0 aliphatic carbocycles. The Morgan fingerprint density at radius 1 is 1.00 bits per heavy atom. The number of pyridine rings is 1. The third-order valence-electron chi connectivity index (χ3n) is 4.20. The molecule has 2 aromatic carbocycles. The predicted molar refractivity (Wildman–Crippen MR) is 108 cm³/mol. The van der Waals surface area contributed by atoms with Crippen LogP contribution in [-0.2, 0) is 13.1 Å². The van der Waals surface area contributed by atoms with Crippen LogP contribution in [0.15, 0.2) is 71.3 Å². The highest BCUT2D eigenvalue weighted by atomic mass is 35.5. The molecular weight excluding hydrogens is 397 g/mol. The summed E-state index contributed by atoms with van der Waals surface area (Å²) >= 11 is 11.9. The number of nitrogens with zero attached hydrogens (tertiary/aromatic N) is 3. The fraction of sp³-hybridized carbons (Fsp3) is 0.0952. The minimum Gasteiger partial charge on any atom is -0.439 e. The molecule has 0 saturated heterocycles. The van der Waals surface area contributed by atoms with Crippen LogP contribution in [0.1, 0.15) is 21.8 Å². The van der Waals surface area contributed by atoms with E-state index < -0.39 is 0 Å². The van der Waals surface area contributed by atoms with Gasteiger partial charge in [0.15, 0.2) is 5.58 Å². The summed E-state index contributed by atoms with van der Waals surface area (Å²) < 4.78 is 5.80. The van der Waals surface area contributed by atoms with E-state index in [2.05, 4.69) is 9.97 Å². The number of carbonyl (C=O) groups excluding carboxylic acids is 1. The quantitative estimate of drug-likeness (QED) is 0.414. The highest BCUT2D eigenvalue weighted by Gasteiger charge is 2.20. The average molecular weight is 412 g/mol. The molecule has 1 amide bonds. The molecule has 2 heterocycles. The molecule has 0 aliphatic rings. The molecule has 0 saturated carbocycles. The number of hydrogen-bond acceptors (Lipinski definition) is 4. The second-order valence-electron chi connectivity index (χ2n) is 6.24. The van der Waals surface area contributed by atoms with Gasteiger partial charge in [-0.25, -0.2) is 9.97 Å². The number of aromatic nitrogens is 2. The number of rotatable bonds is 5. The lowest BCUT2D eigenvalue weighted by Crippen LogP contribution is -2.30. The molecule has 0 unspecified atom stereocenters. The van der Waals surface area contributed by atoms with E-state index in [0.29, 0.717) is 39.3 Å². The number of carbonyl (C=O) groups is 1. The standard InChI is InChI=1S/C21H15Cl2N3O2/c22-16-7-8-18-17(10-16)25-20(28-18)13-26(12-14-4-2-1-3-5-14)21(27)15-6-9-19(23)24-11-15/h1-11H,12-13H2. The Hall–Kier alpha value is -2.89.